The molecule has 1 saturated carbocycles. The third kappa shape index (κ3) is 3.35. The summed E-state index contributed by atoms with van der Waals surface area (Å²) in [6.07, 6.45) is 4.55. The van der Waals surface area contributed by atoms with E-state index in [0.717, 1.165) is 22.7 Å². The molecule has 0 spiro atoms. The largest absolute Gasteiger partial charge is 0.492 e. The average Bonchev–Trinajstić information content (AvgIpc) is 3.25. The van der Waals surface area contributed by atoms with Gasteiger partial charge in [-0.3, -0.25) is 0 Å². The van der Waals surface area contributed by atoms with Crippen molar-refractivity contribution in [3.05, 3.63) is 45.3 Å². The summed E-state index contributed by atoms with van der Waals surface area (Å²) in [5, 5.41) is 11.1. The molecular weight excluding hydrogens is 290 g/mol. The number of benzene rings is 1. The third-order valence-electron chi connectivity index (χ3n) is 4.33. The number of nitrogens with zero attached hydrogens (tertiary/aromatic N) is 1. The van der Waals surface area contributed by atoms with Crippen LogP contribution in [-0.2, 0) is 6.42 Å². The summed E-state index contributed by atoms with van der Waals surface area (Å²) in [7, 11) is 0. The highest BCUT2D eigenvalue weighted by Crippen LogP contribution is 2.48. The summed E-state index contributed by atoms with van der Waals surface area (Å²) in [6, 6.07) is 8.96. The lowest BCUT2D eigenvalue weighted by Crippen LogP contribution is -2.00. The zero-order chi connectivity index (χ0) is 15.7. The van der Waals surface area contributed by atoms with Gasteiger partial charge in [-0.2, -0.15) is 0 Å². The highest BCUT2D eigenvalue weighted by atomic mass is 32.1. The van der Waals surface area contributed by atoms with Crippen LogP contribution in [0, 0.1) is 5.92 Å². The van der Waals surface area contributed by atoms with Gasteiger partial charge in [0.05, 0.1) is 4.88 Å². The number of aromatic hydroxyl groups is 1. The number of rotatable bonds is 6. The zero-order valence-electron chi connectivity index (χ0n) is 13.7. The predicted molar refractivity (Wildman–Crippen MR) is 92.9 cm³/mol. The summed E-state index contributed by atoms with van der Waals surface area (Å²) in [5.74, 6) is 1.83. The molecule has 0 radical (unpaired) electrons. The summed E-state index contributed by atoms with van der Waals surface area (Å²) in [5.41, 5.74) is 2.71. The first kappa shape index (κ1) is 15.5. The smallest absolute Gasteiger partial charge is 0.225 e. The molecule has 118 valence electrons. The van der Waals surface area contributed by atoms with Gasteiger partial charge in [-0.1, -0.05) is 45.0 Å². The Kier molecular flexibility index (Phi) is 4.53. The van der Waals surface area contributed by atoms with Gasteiger partial charge in [-0.05, 0) is 48.6 Å². The molecule has 22 heavy (non-hydrogen) atoms. The molecule has 1 fully saturated rings. The lowest BCUT2D eigenvalue weighted by molar-refractivity contribution is 0.449. The van der Waals surface area contributed by atoms with E-state index in [0.29, 0.717) is 17.8 Å². The first-order chi connectivity index (χ1) is 10.6. The van der Waals surface area contributed by atoms with Crippen LogP contribution in [0.5, 0.6) is 5.88 Å². The Bertz CT molecular complexity index is 625. The molecule has 3 heteroatoms. The van der Waals surface area contributed by atoms with E-state index >= 15 is 0 Å². The van der Waals surface area contributed by atoms with Crippen LogP contribution in [0.1, 0.15) is 72.9 Å². The van der Waals surface area contributed by atoms with Crippen molar-refractivity contribution in [2.24, 2.45) is 5.92 Å². The summed E-state index contributed by atoms with van der Waals surface area (Å²) in [6.45, 7) is 6.70. The van der Waals surface area contributed by atoms with Gasteiger partial charge in [-0.15, -0.1) is 11.3 Å². The fraction of sp³-hybridized carbons (Fsp3) is 0.526. The van der Waals surface area contributed by atoms with Gasteiger partial charge in [0.25, 0.3) is 0 Å². The van der Waals surface area contributed by atoms with Gasteiger partial charge in [0.1, 0.15) is 5.01 Å². The second-order valence-corrected chi connectivity index (χ2v) is 7.88. The molecule has 1 aromatic heterocycles. The molecular formula is C19H25NOS. The summed E-state index contributed by atoms with van der Waals surface area (Å²) >= 11 is 1.71. The minimum atomic E-state index is 0.275. The molecule has 0 amide bonds. The van der Waals surface area contributed by atoms with E-state index < -0.39 is 0 Å². The van der Waals surface area contributed by atoms with Crippen molar-refractivity contribution in [1.82, 2.24) is 4.98 Å². The van der Waals surface area contributed by atoms with E-state index in [-0.39, 0.29) is 5.88 Å². The van der Waals surface area contributed by atoms with Gasteiger partial charge < -0.3 is 5.11 Å². The Morgan fingerprint density at radius 3 is 2.45 bits per heavy atom. The lowest BCUT2D eigenvalue weighted by Gasteiger charge is -2.13. The monoisotopic (exact) mass is 315 g/mol. The van der Waals surface area contributed by atoms with E-state index in [9.17, 15) is 5.11 Å². The Hall–Kier alpha value is -1.35. The molecule has 3 rings (SSSR count). The maximum atomic E-state index is 10.1. The molecule has 0 saturated heterocycles. The normalized spacial score (nSPS) is 16.2. The van der Waals surface area contributed by atoms with Crippen LogP contribution in [0.3, 0.4) is 0 Å². The minimum Gasteiger partial charge on any atom is -0.492 e. The van der Waals surface area contributed by atoms with Crippen LogP contribution in [0.4, 0.5) is 0 Å². The molecule has 1 aliphatic carbocycles. The Labute approximate surface area is 137 Å². The number of aromatic nitrogens is 1. The van der Waals surface area contributed by atoms with E-state index in [1.54, 1.807) is 11.3 Å². The molecule has 2 nitrogen and oxygen atoms in total. The highest BCUT2D eigenvalue weighted by Gasteiger charge is 2.31. The Morgan fingerprint density at radius 2 is 1.91 bits per heavy atom. The number of hydrogen-bond acceptors (Lipinski definition) is 3. The molecule has 0 aliphatic heterocycles. The molecule has 1 N–H and O–H groups in total. The summed E-state index contributed by atoms with van der Waals surface area (Å²) < 4.78 is 0. The standard InChI is InChI=1S/C19H25NOS/c1-4-16(14-7-5-13(6-8-14)11-12(2)3)19-20-18(21)17(22-19)15-9-10-15/h5-8,12,15-16,21H,4,9-11H2,1-3H3. The van der Waals surface area contributed by atoms with Gasteiger partial charge in [0.2, 0.25) is 5.88 Å². The Morgan fingerprint density at radius 1 is 1.23 bits per heavy atom. The van der Waals surface area contributed by atoms with Crippen molar-refractivity contribution in [1.29, 1.82) is 0 Å². The van der Waals surface area contributed by atoms with Crippen molar-refractivity contribution in [3.8, 4) is 5.88 Å². The second kappa shape index (κ2) is 6.41. The third-order valence-corrected chi connectivity index (χ3v) is 5.65. The van der Waals surface area contributed by atoms with Crippen LogP contribution in [-0.4, -0.2) is 10.1 Å². The maximum Gasteiger partial charge on any atom is 0.225 e. The summed E-state index contributed by atoms with van der Waals surface area (Å²) in [4.78, 5) is 5.57. The number of hydrogen-bond donors (Lipinski definition) is 1. The van der Waals surface area contributed by atoms with E-state index in [1.807, 2.05) is 0 Å². The Balaban J connectivity index is 1.82. The molecule has 0 bridgehead atoms. The second-order valence-electron chi connectivity index (χ2n) is 6.81. The van der Waals surface area contributed by atoms with Gasteiger partial charge in [-0.25, -0.2) is 4.98 Å². The highest BCUT2D eigenvalue weighted by molar-refractivity contribution is 7.12. The van der Waals surface area contributed by atoms with E-state index in [1.165, 1.54) is 24.0 Å². The van der Waals surface area contributed by atoms with Crippen molar-refractivity contribution >= 4 is 11.3 Å². The van der Waals surface area contributed by atoms with E-state index in [2.05, 4.69) is 50.0 Å². The van der Waals surface area contributed by atoms with Gasteiger partial charge in [0.15, 0.2) is 0 Å². The van der Waals surface area contributed by atoms with Crippen LogP contribution in [0.2, 0.25) is 0 Å². The fourth-order valence-electron chi connectivity index (χ4n) is 3.01. The van der Waals surface area contributed by atoms with Crippen LogP contribution in [0.25, 0.3) is 0 Å². The van der Waals surface area contributed by atoms with Gasteiger partial charge in [0, 0.05) is 5.92 Å². The molecule has 1 aromatic carbocycles. The molecule has 1 aliphatic rings. The topological polar surface area (TPSA) is 33.1 Å². The molecule has 1 atom stereocenters. The van der Waals surface area contributed by atoms with E-state index in [4.69, 9.17) is 0 Å². The predicted octanol–water partition coefficient (Wildman–Crippen LogP) is 5.47. The van der Waals surface area contributed by atoms with Crippen LogP contribution < -0.4 is 0 Å². The quantitative estimate of drug-likeness (QED) is 0.767. The lowest BCUT2D eigenvalue weighted by atomic mass is 9.94. The zero-order valence-corrected chi connectivity index (χ0v) is 14.5. The van der Waals surface area contributed by atoms with Crippen LogP contribution >= 0.6 is 11.3 Å². The molecule has 1 heterocycles. The minimum absolute atomic E-state index is 0.275. The first-order valence-corrected chi connectivity index (χ1v) is 9.18. The van der Waals surface area contributed by atoms with Crippen LogP contribution in [0.15, 0.2) is 24.3 Å². The van der Waals surface area contributed by atoms with Crippen molar-refractivity contribution < 1.29 is 5.11 Å². The molecule has 2 aromatic rings. The molecule has 1 unspecified atom stereocenters. The van der Waals surface area contributed by atoms with Crippen molar-refractivity contribution in [2.75, 3.05) is 0 Å². The first-order valence-electron chi connectivity index (χ1n) is 8.36. The number of thiazole rings is 1. The fourth-order valence-corrected chi connectivity index (χ4v) is 4.35. The maximum absolute atomic E-state index is 10.1. The SMILES string of the molecule is CCC(c1ccc(CC(C)C)cc1)c1nc(O)c(C2CC2)s1. The van der Waals surface area contributed by atoms with Crippen molar-refractivity contribution in [3.63, 3.8) is 0 Å². The average molecular weight is 315 g/mol. The van der Waals surface area contributed by atoms with Crippen molar-refractivity contribution in [2.45, 2.75) is 58.3 Å². The van der Waals surface area contributed by atoms with Gasteiger partial charge >= 0.3 is 0 Å².